The number of piperidine rings is 1. The number of carboxylic acid groups (broad SMARTS) is 1. The van der Waals surface area contributed by atoms with Gasteiger partial charge in [-0.1, -0.05) is 61.5 Å². The van der Waals surface area contributed by atoms with E-state index in [9.17, 15) is 24.3 Å². The number of hydrogen-bond donors (Lipinski definition) is 1. The summed E-state index contributed by atoms with van der Waals surface area (Å²) in [4.78, 5) is 55.8. The number of carboxylic acids is 1. The number of benzene rings is 2. The van der Waals surface area contributed by atoms with Gasteiger partial charge in [0.25, 0.3) is 0 Å². The van der Waals surface area contributed by atoms with E-state index < -0.39 is 35.2 Å². The van der Waals surface area contributed by atoms with Crippen molar-refractivity contribution in [2.45, 2.75) is 78.8 Å². The third-order valence-corrected chi connectivity index (χ3v) is 7.50. The molecule has 1 heterocycles. The Bertz CT molecular complexity index is 1250. The molecule has 0 bridgehead atoms. The van der Waals surface area contributed by atoms with Gasteiger partial charge in [-0.25, -0.2) is 14.4 Å². The first-order valence-corrected chi connectivity index (χ1v) is 14.2. The zero-order valence-electron chi connectivity index (χ0n) is 25.5. The molecule has 10 nitrogen and oxygen atoms in total. The maximum Gasteiger partial charge on any atom is 0.410 e. The fourth-order valence-electron chi connectivity index (χ4n) is 4.78. The van der Waals surface area contributed by atoms with Crippen LogP contribution in [0.3, 0.4) is 0 Å². The van der Waals surface area contributed by atoms with Crippen LogP contribution in [0.5, 0.6) is 0 Å². The third kappa shape index (κ3) is 8.71. The molecule has 42 heavy (non-hydrogen) atoms. The smallest absolute Gasteiger partial charge is 0.410 e. The first-order valence-electron chi connectivity index (χ1n) is 14.2. The minimum absolute atomic E-state index is 0.0586. The largest absolute Gasteiger partial charge is 0.480 e. The van der Waals surface area contributed by atoms with Crippen LogP contribution in [0.2, 0.25) is 0 Å². The van der Waals surface area contributed by atoms with E-state index in [1.165, 1.54) is 16.7 Å². The van der Waals surface area contributed by atoms with E-state index in [4.69, 9.17) is 9.47 Å². The Morgan fingerprint density at radius 3 is 2.05 bits per heavy atom. The van der Waals surface area contributed by atoms with Crippen molar-refractivity contribution in [3.05, 3.63) is 71.3 Å². The van der Waals surface area contributed by atoms with E-state index in [2.05, 4.69) is 0 Å². The van der Waals surface area contributed by atoms with E-state index in [1.54, 1.807) is 32.7 Å². The fourth-order valence-corrected chi connectivity index (χ4v) is 4.78. The monoisotopic (exact) mass is 581 g/mol. The molecule has 1 saturated heterocycles. The molecule has 1 aliphatic heterocycles. The Morgan fingerprint density at radius 1 is 0.952 bits per heavy atom. The number of aliphatic carboxylic acids is 1. The molecule has 1 atom stereocenters. The van der Waals surface area contributed by atoms with E-state index >= 15 is 0 Å². The number of ether oxygens (including phenoxy) is 2. The van der Waals surface area contributed by atoms with Gasteiger partial charge in [-0.2, -0.15) is 0 Å². The Kier molecular flexibility index (Phi) is 10.6. The number of nitrogens with zero attached hydrogens (tertiary/aromatic N) is 3. The first kappa shape index (κ1) is 32.4. The number of amides is 3. The van der Waals surface area contributed by atoms with Crippen LogP contribution in [0, 0.1) is 5.41 Å². The zero-order valence-corrected chi connectivity index (χ0v) is 25.5. The van der Waals surface area contributed by atoms with Crippen molar-refractivity contribution in [1.29, 1.82) is 0 Å². The molecule has 0 saturated carbocycles. The number of carbonyl (C=O) groups excluding carboxylic acids is 3. The molecule has 0 radical (unpaired) electrons. The number of carbonyl (C=O) groups is 4. The molecule has 2 aromatic rings. The zero-order chi connectivity index (χ0) is 31.1. The molecule has 0 aliphatic carbocycles. The molecule has 0 spiro atoms. The Balaban J connectivity index is 1.71. The van der Waals surface area contributed by atoms with E-state index in [-0.39, 0.29) is 25.6 Å². The van der Waals surface area contributed by atoms with Crippen LogP contribution < -0.4 is 0 Å². The molecule has 10 heteroatoms. The highest BCUT2D eigenvalue weighted by Crippen LogP contribution is 2.35. The molecule has 3 amide bonds. The van der Waals surface area contributed by atoms with E-state index in [0.29, 0.717) is 25.9 Å². The highest BCUT2D eigenvalue weighted by atomic mass is 16.6. The fraction of sp³-hybridized carbons (Fsp3) is 0.500. The molecular weight excluding hydrogens is 538 g/mol. The second-order valence-corrected chi connectivity index (χ2v) is 12.1. The van der Waals surface area contributed by atoms with Gasteiger partial charge in [0, 0.05) is 38.6 Å². The topological polar surface area (TPSA) is 117 Å². The normalized spacial score (nSPS) is 15.3. The van der Waals surface area contributed by atoms with Gasteiger partial charge >= 0.3 is 18.2 Å². The van der Waals surface area contributed by atoms with Crippen LogP contribution in [0.1, 0.15) is 64.2 Å². The third-order valence-electron chi connectivity index (χ3n) is 7.50. The Labute approximate surface area is 248 Å². The van der Waals surface area contributed by atoms with Crippen LogP contribution in [0.25, 0.3) is 0 Å². The van der Waals surface area contributed by atoms with Gasteiger partial charge < -0.3 is 29.3 Å². The summed E-state index contributed by atoms with van der Waals surface area (Å²) in [5.41, 5.74) is 0.901. The SMILES string of the molecule is C[C@H](C(=O)O)N(Cc1ccccc1CN(C)C(=O)OC(C)(C)C)C(=O)C1(C)CCN(C(=O)OCc2ccccc2)CC1. The first-order chi connectivity index (χ1) is 19.7. The number of likely N-dealkylation sites (tertiary alicyclic amines) is 1. The van der Waals surface area contributed by atoms with Crippen molar-refractivity contribution in [1.82, 2.24) is 14.7 Å². The predicted octanol–water partition coefficient (Wildman–Crippen LogP) is 5.29. The van der Waals surface area contributed by atoms with Crippen molar-refractivity contribution in [3.8, 4) is 0 Å². The summed E-state index contributed by atoms with van der Waals surface area (Å²) in [6.45, 7) is 9.80. The van der Waals surface area contributed by atoms with Crippen LogP contribution in [0.15, 0.2) is 54.6 Å². The lowest BCUT2D eigenvalue weighted by Gasteiger charge is -2.41. The van der Waals surface area contributed by atoms with Crippen LogP contribution in [-0.4, -0.2) is 75.6 Å². The second kappa shape index (κ2) is 13.7. The van der Waals surface area contributed by atoms with Gasteiger partial charge in [-0.3, -0.25) is 4.79 Å². The summed E-state index contributed by atoms with van der Waals surface area (Å²) in [7, 11) is 1.63. The summed E-state index contributed by atoms with van der Waals surface area (Å²) in [6, 6.07) is 15.7. The lowest BCUT2D eigenvalue weighted by Crippen LogP contribution is -2.53. The van der Waals surface area contributed by atoms with Gasteiger partial charge in [-0.05, 0) is 57.2 Å². The molecule has 228 valence electrons. The van der Waals surface area contributed by atoms with Crippen molar-refractivity contribution in [2.24, 2.45) is 5.41 Å². The Hall–Kier alpha value is -4.08. The maximum atomic E-state index is 14.0. The molecule has 1 aliphatic rings. The van der Waals surface area contributed by atoms with Crippen molar-refractivity contribution in [2.75, 3.05) is 20.1 Å². The van der Waals surface area contributed by atoms with E-state index in [0.717, 1.165) is 16.7 Å². The lowest BCUT2D eigenvalue weighted by molar-refractivity contribution is -0.156. The van der Waals surface area contributed by atoms with Crippen molar-refractivity contribution in [3.63, 3.8) is 0 Å². The summed E-state index contributed by atoms with van der Waals surface area (Å²) < 4.78 is 10.9. The van der Waals surface area contributed by atoms with Crippen molar-refractivity contribution >= 4 is 24.1 Å². The average molecular weight is 582 g/mol. The summed E-state index contributed by atoms with van der Waals surface area (Å²) >= 11 is 0. The van der Waals surface area contributed by atoms with Crippen molar-refractivity contribution < 1.29 is 33.8 Å². The minimum atomic E-state index is -1.11. The minimum Gasteiger partial charge on any atom is -0.480 e. The standard InChI is InChI=1S/C32H43N3O7/c1-23(27(36)37)35(21-26-15-11-10-14-25(26)20-33(6)29(39)42-31(2,3)4)28(38)32(5)16-18-34(19-17-32)30(40)41-22-24-12-8-7-9-13-24/h7-15,23H,16-22H2,1-6H3,(H,36,37)/t23-/m1/s1. The van der Waals surface area contributed by atoms with Gasteiger partial charge in [-0.15, -0.1) is 0 Å². The Morgan fingerprint density at radius 2 is 1.50 bits per heavy atom. The van der Waals surface area contributed by atoms with Gasteiger partial charge in [0.05, 0.1) is 0 Å². The summed E-state index contributed by atoms with van der Waals surface area (Å²) in [5.74, 6) is -1.40. The molecule has 0 unspecified atom stereocenters. The molecule has 3 rings (SSSR count). The molecular formula is C32H43N3O7. The molecule has 2 aromatic carbocycles. The highest BCUT2D eigenvalue weighted by molar-refractivity contribution is 5.87. The second-order valence-electron chi connectivity index (χ2n) is 12.1. The summed E-state index contributed by atoms with van der Waals surface area (Å²) in [6.07, 6.45) is -0.172. The average Bonchev–Trinajstić information content (AvgIpc) is 2.94. The van der Waals surface area contributed by atoms with Crippen LogP contribution in [0.4, 0.5) is 9.59 Å². The van der Waals surface area contributed by atoms with Gasteiger partial charge in [0.1, 0.15) is 18.2 Å². The van der Waals surface area contributed by atoms with Gasteiger partial charge in [0.2, 0.25) is 5.91 Å². The number of rotatable bonds is 9. The lowest BCUT2D eigenvalue weighted by atomic mass is 9.78. The van der Waals surface area contributed by atoms with E-state index in [1.807, 2.05) is 61.5 Å². The highest BCUT2D eigenvalue weighted by Gasteiger charge is 2.43. The number of hydrogen-bond acceptors (Lipinski definition) is 6. The predicted molar refractivity (Wildman–Crippen MR) is 157 cm³/mol. The molecule has 1 N–H and O–H groups in total. The van der Waals surface area contributed by atoms with Gasteiger partial charge in [0.15, 0.2) is 0 Å². The molecule has 0 aromatic heterocycles. The van der Waals surface area contributed by atoms with Crippen LogP contribution >= 0.6 is 0 Å². The molecule has 1 fully saturated rings. The van der Waals surface area contributed by atoms with Crippen LogP contribution in [-0.2, 0) is 38.8 Å². The maximum absolute atomic E-state index is 14.0. The summed E-state index contributed by atoms with van der Waals surface area (Å²) in [5, 5.41) is 9.89. The quantitative estimate of drug-likeness (QED) is 0.427.